The first-order valence-corrected chi connectivity index (χ1v) is 7.09. The van der Waals surface area contributed by atoms with Gasteiger partial charge in [0.05, 0.1) is 11.0 Å². The van der Waals surface area contributed by atoms with Crippen LogP contribution in [0, 0.1) is 10.1 Å². The summed E-state index contributed by atoms with van der Waals surface area (Å²) in [6.45, 7) is 1.51. The highest BCUT2D eigenvalue weighted by Gasteiger charge is 2.15. The molecule has 0 saturated carbocycles. The summed E-state index contributed by atoms with van der Waals surface area (Å²) in [5, 5.41) is 14.5. The summed E-state index contributed by atoms with van der Waals surface area (Å²) in [4.78, 5) is 21.7. The summed E-state index contributed by atoms with van der Waals surface area (Å²) in [7, 11) is 0. The van der Waals surface area contributed by atoms with Gasteiger partial charge in [0.2, 0.25) is 0 Å². The Kier molecular flexibility index (Phi) is 5.12. The van der Waals surface area contributed by atoms with Gasteiger partial charge in [-0.2, -0.15) is 0 Å². The number of rotatable bonds is 6. The SMILES string of the molecule is CC(=O)CC(Nc1cccc(Cl)c1)c1ccc([N+](=O)[O-])cc1. The van der Waals surface area contributed by atoms with Crippen molar-refractivity contribution in [3.8, 4) is 0 Å². The molecule has 1 N–H and O–H groups in total. The Balaban J connectivity index is 2.25. The van der Waals surface area contributed by atoms with Crippen LogP contribution in [0.2, 0.25) is 5.02 Å². The van der Waals surface area contributed by atoms with Crippen LogP contribution in [0.1, 0.15) is 24.9 Å². The molecule has 0 aromatic heterocycles. The molecule has 0 aliphatic rings. The minimum atomic E-state index is -0.450. The fourth-order valence-electron chi connectivity index (χ4n) is 2.15. The first kappa shape index (κ1) is 16.0. The van der Waals surface area contributed by atoms with Crippen LogP contribution in [0.3, 0.4) is 0 Å². The van der Waals surface area contributed by atoms with Crippen molar-refractivity contribution in [2.45, 2.75) is 19.4 Å². The first-order chi connectivity index (χ1) is 10.5. The number of Topliss-reactive ketones (excluding diaryl/α,β-unsaturated/α-hetero) is 1. The fraction of sp³-hybridized carbons (Fsp3) is 0.188. The number of benzene rings is 2. The molecule has 0 saturated heterocycles. The third-order valence-electron chi connectivity index (χ3n) is 3.16. The predicted molar refractivity (Wildman–Crippen MR) is 86.2 cm³/mol. The summed E-state index contributed by atoms with van der Waals surface area (Å²) in [5.74, 6) is 0.0258. The standard InChI is InChI=1S/C16H15ClN2O3/c1-11(20)9-16(18-14-4-2-3-13(17)10-14)12-5-7-15(8-6-12)19(21)22/h2-8,10,16,18H,9H2,1H3. The maximum absolute atomic E-state index is 11.5. The molecule has 1 unspecified atom stereocenters. The molecule has 0 fully saturated rings. The van der Waals surface area contributed by atoms with E-state index in [0.717, 1.165) is 11.3 Å². The Bertz CT molecular complexity index is 686. The normalized spacial score (nSPS) is 11.7. The molecule has 0 amide bonds. The molecule has 0 radical (unpaired) electrons. The van der Waals surface area contributed by atoms with E-state index in [0.29, 0.717) is 5.02 Å². The van der Waals surface area contributed by atoms with Crippen LogP contribution in [-0.2, 0) is 4.79 Å². The van der Waals surface area contributed by atoms with Gasteiger partial charge in [0.1, 0.15) is 5.78 Å². The van der Waals surface area contributed by atoms with E-state index in [9.17, 15) is 14.9 Å². The molecule has 5 nitrogen and oxygen atoms in total. The highest BCUT2D eigenvalue weighted by atomic mass is 35.5. The number of anilines is 1. The number of nitro groups is 1. The lowest BCUT2D eigenvalue weighted by molar-refractivity contribution is -0.384. The predicted octanol–water partition coefficient (Wildman–Crippen LogP) is 4.38. The smallest absolute Gasteiger partial charge is 0.269 e. The number of nitrogens with one attached hydrogen (secondary N) is 1. The van der Waals surface area contributed by atoms with E-state index in [2.05, 4.69) is 5.32 Å². The average Bonchev–Trinajstić information content (AvgIpc) is 2.46. The molecule has 1 atom stereocenters. The minimum absolute atomic E-state index is 0.0214. The molecular weight excluding hydrogens is 304 g/mol. The van der Waals surface area contributed by atoms with Gasteiger partial charge in [-0.1, -0.05) is 29.8 Å². The molecule has 0 heterocycles. The molecule has 114 valence electrons. The molecule has 2 aromatic carbocycles. The molecule has 6 heteroatoms. The van der Waals surface area contributed by atoms with Crippen molar-refractivity contribution < 1.29 is 9.72 Å². The zero-order valence-electron chi connectivity index (χ0n) is 12.0. The van der Waals surface area contributed by atoms with Crippen molar-refractivity contribution in [3.05, 3.63) is 69.2 Å². The Morgan fingerprint density at radius 3 is 2.50 bits per heavy atom. The highest BCUT2D eigenvalue weighted by Crippen LogP contribution is 2.26. The monoisotopic (exact) mass is 318 g/mol. The quantitative estimate of drug-likeness (QED) is 0.633. The topological polar surface area (TPSA) is 72.2 Å². The number of nitro benzene ring substituents is 1. The van der Waals surface area contributed by atoms with Gasteiger partial charge in [-0.25, -0.2) is 0 Å². The maximum Gasteiger partial charge on any atom is 0.269 e. The van der Waals surface area contributed by atoms with Gasteiger partial charge in [-0.3, -0.25) is 14.9 Å². The number of carbonyl (C=O) groups excluding carboxylic acids is 1. The van der Waals surface area contributed by atoms with Gasteiger partial charge >= 0.3 is 0 Å². The number of carbonyl (C=O) groups is 1. The number of non-ortho nitro benzene ring substituents is 1. The molecule has 2 aromatic rings. The van der Waals surface area contributed by atoms with Crippen molar-refractivity contribution >= 4 is 28.8 Å². The molecule has 0 aliphatic heterocycles. The van der Waals surface area contributed by atoms with Crippen molar-refractivity contribution in [1.82, 2.24) is 0 Å². The van der Waals surface area contributed by atoms with Crippen LogP contribution < -0.4 is 5.32 Å². The van der Waals surface area contributed by atoms with E-state index in [1.54, 1.807) is 24.3 Å². The molecule has 0 aliphatic carbocycles. The van der Waals surface area contributed by atoms with E-state index in [1.807, 2.05) is 12.1 Å². The molecule has 0 bridgehead atoms. The zero-order valence-corrected chi connectivity index (χ0v) is 12.7. The minimum Gasteiger partial charge on any atom is -0.378 e. The lowest BCUT2D eigenvalue weighted by Crippen LogP contribution is -2.14. The average molecular weight is 319 g/mol. The van der Waals surface area contributed by atoms with Crippen LogP contribution in [0.15, 0.2) is 48.5 Å². The van der Waals surface area contributed by atoms with E-state index in [1.165, 1.54) is 19.1 Å². The van der Waals surface area contributed by atoms with Gasteiger partial charge in [0, 0.05) is 29.3 Å². The summed E-state index contributed by atoms with van der Waals surface area (Å²) in [6, 6.07) is 13.1. The van der Waals surface area contributed by atoms with Gasteiger partial charge in [-0.15, -0.1) is 0 Å². The number of hydrogen-bond acceptors (Lipinski definition) is 4. The third kappa shape index (κ3) is 4.30. The zero-order chi connectivity index (χ0) is 16.1. The summed E-state index contributed by atoms with van der Waals surface area (Å²) < 4.78 is 0. The van der Waals surface area contributed by atoms with Crippen LogP contribution in [-0.4, -0.2) is 10.7 Å². The maximum atomic E-state index is 11.5. The lowest BCUT2D eigenvalue weighted by Gasteiger charge is -2.19. The van der Waals surface area contributed by atoms with Crippen molar-refractivity contribution in [2.75, 3.05) is 5.32 Å². The van der Waals surface area contributed by atoms with Gasteiger partial charge in [0.15, 0.2) is 0 Å². The largest absolute Gasteiger partial charge is 0.378 e. The van der Waals surface area contributed by atoms with Crippen LogP contribution in [0.4, 0.5) is 11.4 Å². The highest BCUT2D eigenvalue weighted by molar-refractivity contribution is 6.30. The van der Waals surface area contributed by atoms with E-state index in [-0.39, 0.29) is 23.9 Å². The van der Waals surface area contributed by atoms with Crippen LogP contribution in [0.5, 0.6) is 0 Å². The fourth-order valence-corrected chi connectivity index (χ4v) is 2.34. The molecule has 0 spiro atoms. The van der Waals surface area contributed by atoms with Crippen molar-refractivity contribution in [3.63, 3.8) is 0 Å². The summed E-state index contributed by atoms with van der Waals surface area (Å²) in [5.41, 5.74) is 1.62. The number of ketones is 1. The van der Waals surface area contributed by atoms with E-state index < -0.39 is 4.92 Å². The van der Waals surface area contributed by atoms with Crippen molar-refractivity contribution in [2.24, 2.45) is 0 Å². The Morgan fingerprint density at radius 1 is 1.27 bits per heavy atom. The first-order valence-electron chi connectivity index (χ1n) is 6.71. The number of halogens is 1. The summed E-state index contributed by atoms with van der Waals surface area (Å²) >= 11 is 5.95. The molecular formula is C16H15ClN2O3. The second-order valence-electron chi connectivity index (χ2n) is 4.96. The molecule has 2 rings (SSSR count). The van der Waals surface area contributed by atoms with Gasteiger partial charge in [-0.05, 0) is 30.7 Å². The number of hydrogen-bond donors (Lipinski definition) is 1. The van der Waals surface area contributed by atoms with Crippen molar-refractivity contribution in [1.29, 1.82) is 0 Å². The second kappa shape index (κ2) is 7.04. The summed E-state index contributed by atoms with van der Waals surface area (Å²) in [6.07, 6.45) is 0.282. The molecule has 22 heavy (non-hydrogen) atoms. The van der Waals surface area contributed by atoms with Crippen LogP contribution >= 0.6 is 11.6 Å². The van der Waals surface area contributed by atoms with Gasteiger partial charge < -0.3 is 5.32 Å². The number of nitrogens with zero attached hydrogens (tertiary/aromatic N) is 1. The van der Waals surface area contributed by atoms with E-state index in [4.69, 9.17) is 11.6 Å². The van der Waals surface area contributed by atoms with Crippen LogP contribution in [0.25, 0.3) is 0 Å². The Labute approximate surface area is 133 Å². The Morgan fingerprint density at radius 2 is 1.95 bits per heavy atom. The second-order valence-corrected chi connectivity index (χ2v) is 5.40. The van der Waals surface area contributed by atoms with Gasteiger partial charge in [0.25, 0.3) is 5.69 Å². The lowest BCUT2D eigenvalue weighted by atomic mass is 10.0. The van der Waals surface area contributed by atoms with E-state index >= 15 is 0 Å². The third-order valence-corrected chi connectivity index (χ3v) is 3.40. The Hall–Kier alpha value is -2.40.